The van der Waals surface area contributed by atoms with Crippen LogP contribution in [0, 0.1) is 17.1 Å². The van der Waals surface area contributed by atoms with Gasteiger partial charge in [-0.3, -0.25) is 4.79 Å². The molecule has 0 saturated heterocycles. The van der Waals surface area contributed by atoms with Gasteiger partial charge in [0, 0.05) is 49.7 Å². The van der Waals surface area contributed by atoms with Crippen molar-refractivity contribution in [3.63, 3.8) is 0 Å². The zero-order chi connectivity index (χ0) is 32.1. The van der Waals surface area contributed by atoms with Crippen LogP contribution in [-0.2, 0) is 27.7 Å². The molecule has 0 spiro atoms. The summed E-state index contributed by atoms with van der Waals surface area (Å²) in [6.45, 7) is 0.315. The number of amides is 2. The summed E-state index contributed by atoms with van der Waals surface area (Å²) in [5.74, 6) is -0.984. The van der Waals surface area contributed by atoms with Gasteiger partial charge in [0.1, 0.15) is 17.6 Å². The minimum absolute atomic E-state index is 0.0764. The van der Waals surface area contributed by atoms with Crippen LogP contribution >= 0.6 is 0 Å². The predicted molar refractivity (Wildman–Crippen MR) is 161 cm³/mol. The van der Waals surface area contributed by atoms with Crippen LogP contribution in [0.25, 0.3) is 11.4 Å². The molecule has 3 aromatic carbocycles. The van der Waals surface area contributed by atoms with Crippen LogP contribution in [0.5, 0.6) is 0 Å². The van der Waals surface area contributed by atoms with Crippen molar-refractivity contribution in [2.24, 2.45) is 0 Å². The third-order valence-electron chi connectivity index (χ3n) is 6.63. The number of nitrogens with one attached hydrogen (secondary N) is 1. The Kier molecular flexibility index (Phi) is 8.73. The van der Waals surface area contributed by atoms with E-state index in [0.29, 0.717) is 23.7 Å². The molecule has 5 rings (SSSR count). The van der Waals surface area contributed by atoms with E-state index in [0.717, 1.165) is 28.6 Å². The van der Waals surface area contributed by atoms with Crippen molar-refractivity contribution in [2.75, 3.05) is 18.6 Å². The molecule has 0 aliphatic rings. The number of sulfone groups is 1. The average molecular weight is 628 g/mol. The zero-order valence-electron chi connectivity index (χ0n) is 24.1. The third-order valence-corrected chi connectivity index (χ3v) is 7.59. The summed E-state index contributed by atoms with van der Waals surface area (Å²) in [6.07, 6.45) is 3.71. The minimum atomic E-state index is -3.80. The molecule has 0 atom stereocenters. The van der Waals surface area contributed by atoms with Crippen LogP contribution in [0.3, 0.4) is 0 Å². The van der Waals surface area contributed by atoms with Crippen LogP contribution in [0.4, 0.5) is 14.9 Å². The first kappa shape index (κ1) is 30.6. The normalized spacial score (nSPS) is 11.1. The lowest BCUT2D eigenvalue weighted by Crippen LogP contribution is -2.27. The zero-order valence-corrected chi connectivity index (χ0v) is 24.9. The topological polar surface area (TPSA) is 152 Å². The van der Waals surface area contributed by atoms with E-state index in [9.17, 15) is 27.7 Å². The number of hydrogen-bond acceptors (Lipinski definition) is 8. The number of rotatable bonds is 9. The molecule has 0 unspecified atom stereocenters. The summed E-state index contributed by atoms with van der Waals surface area (Å²) in [4.78, 5) is 31.6. The van der Waals surface area contributed by atoms with Crippen molar-refractivity contribution in [1.82, 2.24) is 24.2 Å². The third kappa shape index (κ3) is 7.06. The Bertz CT molecular complexity index is 2020. The maximum absolute atomic E-state index is 13.9. The van der Waals surface area contributed by atoms with Crippen molar-refractivity contribution < 1.29 is 27.1 Å². The lowest BCUT2D eigenvalue weighted by atomic mass is 10.2. The highest BCUT2D eigenvalue weighted by Crippen LogP contribution is 2.21. The van der Waals surface area contributed by atoms with Crippen LogP contribution in [-0.4, -0.2) is 58.0 Å². The Morgan fingerprint density at radius 2 is 1.76 bits per heavy atom. The first-order chi connectivity index (χ1) is 21.5. The Hall–Kier alpha value is -5.81. The smallest absolute Gasteiger partial charge is 0.410 e. The molecule has 0 bridgehead atoms. The Morgan fingerprint density at radius 1 is 1.04 bits per heavy atom. The number of nitrogens with zero attached hydrogens (tertiary/aromatic N) is 6. The lowest BCUT2D eigenvalue weighted by Gasteiger charge is -2.17. The van der Waals surface area contributed by atoms with Gasteiger partial charge in [-0.2, -0.15) is 10.4 Å². The first-order valence-corrected chi connectivity index (χ1v) is 15.3. The molecule has 0 aliphatic carbocycles. The Morgan fingerprint density at radius 3 is 2.44 bits per heavy atom. The first-order valence-electron chi connectivity index (χ1n) is 13.4. The second-order valence-corrected chi connectivity index (χ2v) is 11.9. The molecule has 0 radical (unpaired) electrons. The van der Waals surface area contributed by atoms with Crippen LogP contribution in [0.2, 0.25) is 0 Å². The van der Waals surface area contributed by atoms with Crippen LogP contribution in [0.1, 0.15) is 27.4 Å². The van der Waals surface area contributed by atoms with Gasteiger partial charge in [0.2, 0.25) is 0 Å². The highest BCUT2D eigenvalue weighted by Gasteiger charge is 2.22. The molecule has 14 heteroatoms. The van der Waals surface area contributed by atoms with Gasteiger partial charge in [-0.15, -0.1) is 0 Å². The molecule has 5 aromatic rings. The number of anilines is 1. The van der Waals surface area contributed by atoms with Crippen molar-refractivity contribution in [1.29, 1.82) is 5.26 Å². The van der Waals surface area contributed by atoms with Gasteiger partial charge in [0.15, 0.2) is 27.3 Å². The summed E-state index contributed by atoms with van der Waals surface area (Å²) >= 11 is 0. The van der Waals surface area contributed by atoms with E-state index >= 15 is 0 Å². The van der Waals surface area contributed by atoms with E-state index in [1.54, 1.807) is 54.3 Å². The van der Waals surface area contributed by atoms with Gasteiger partial charge in [-0.25, -0.2) is 27.3 Å². The highest BCUT2D eigenvalue weighted by molar-refractivity contribution is 7.90. The number of ether oxygens (including phenoxy) is 1. The Balaban J connectivity index is 1.29. The Labute approximate surface area is 257 Å². The maximum atomic E-state index is 13.9. The molecule has 0 fully saturated rings. The number of aromatic nitrogens is 4. The maximum Gasteiger partial charge on any atom is 0.410 e. The summed E-state index contributed by atoms with van der Waals surface area (Å²) in [6, 6.07) is 22.5. The summed E-state index contributed by atoms with van der Waals surface area (Å²) in [5.41, 5.74) is 1.71. The number of carbonyl (C=O) groups excluding carboxylic acids is 2. The second kappa shape index (κ2) is 12.8. The standard InChI is InChI=1S/C31H26FN7O5S/c1-37(19-21-6-4-3-5-7-21)31(41)44-20-28-34-14-15-38(28)24-10-8-23(9-11-24)35-30(40)27-17-29(45(2,42)43)36-39(27)25-12-13-26(32)22(16-25)18-33/h3-17H,19-20H2,1-2H3,(H,35,40). The van der Waals surface area contributed by atoms with Gasteiger partial charge in [0.25, 0.3) is 5.91 Å². The van der Waals surface area contributed by atoms with Crippen LogP contribution in [0.15, 0.2) is 96.3 Å². The molecular formula is C31H26FN7O5S. The average Bonchev–Trinajstić information content (AvgIpc) is 3.69. The number of imidazole rings is 1. The van der Waals surface area contributed by atoms with E-state index in [1.165, 1.54) is 17.0 Å². The summed E-state index contributed by atoms with van der Waals surface area (Å²) < 4.78 is 46.5. The number of hydrogen-bond donors (Lipinski definition) is 1. The second-order valence-electron chi connectivity index (χ2n) is 9.94. The van der Waals surface area contributed by atoms with Gasteiger partial charge < -0.3 is 19.5 Å². The van der Waals surface area contributed by atoms with Crippen molar-refractivity contribution in [3.05, 3.63) is 120 Å². The number of nitriles is 1. The van der Waals surface area contributed by atoms with E-state index in [4.69, 9.17) is 4.74 Å². The molecule has 2 heterocycles. The van der Waals surface area contributed by atoms with Crippen molar-refractivity contribution in [2.45, 2.75) is 18.2 Å². The summed E-state index contributed by atoms with van der Waals surface area (Å²) in [5, 5.41) is 15.6. The van der Waals surface area contributed by atoms with E-state index < -0.39 is 27.7 Å². The molecule has 1 N–H and O–H groups in total. The van der Waals surface area contributed by atoms with Gasteiger partial charge in [0.05, 0.1) is 11.3 Å². The van der Waals surface area contributed by atoms with Gasteiger partial charge >= 0.3 is 6.09 Å². The van der Waals surface area contributed by atoms with Gasteiger partial charge in [-0.05, 0) is 48.0 Å². The molecular weight excluding hydrogens is 601 g/mol. The van der Waals surface area contributed by atoms with Gasteiger partial charge in [-0.1, -0.05) is 30.3 Å². The number of carbonyl (C=O) groups is 2. The SMILES string of the molecule is CN(Cc1ccccc1)C(=O)OCc1nccn1-c1ccc(NC(=O)c2cc(S(C)(=O)=O)nn2-c2ccc(F)c(C#N)c2)cc1. The van der Waals surface area contributed by atoms with E-state index in [2.05, 4.69) is 15.4 Å². The minimum Gasteiger partial charge on any atom is -0.441 e. The molecule has 0 saturated carbocycles. The molecule has 0 aliphatic heterocycles. The predicted octanol–water partition coefficient (Wildman–Crippen LogP) is 4.49. The molecule has 12 nitrogen and oxygen atoms in total. The lowest BCUT2D eigenvalue weighted by molar-refractivity contribution is 0.0996. The van der Waals surface area contributed by atoms with Crippen LogP contribution < -0.4 is 5.32 Å². The largest absolute Gasteiger partial charge is 0.441 e. The molecule has 45 heavy (non-hydrogen) atoms. The van der Waals surface area contributed by atoms with Crippen molar-refractivity contribution in [3.8, 4) is 17.4 Å². The highest BCUT2D eigenvalue weighted by atomic mass is 32.2. The summed E-state index contributed by atoms with van der Waals surface area (Å²) in [7, 11) is -2.15. The number of benzene rings is 3. The molecule has 2 aromatic heterocycles. The monoisotopic (exact) mass is 627 g/mol. The fraction of sp³-hybridized carbons (Fsp3) is 0.129. The molecule has 228 valence electrons. The fourth-order valence-electron chi connectivity index (χ4n) is 4.36. The van der Waals surface area contributed by atoms with Crippen molar-refractivity contribution >= 4 is 27.5 Å². The quantitative estimate of drug-likeness (QED) is 0.251. The van der Waals surface area contributed by atoms with E-state index in [1.807, 2.05) is 30.3 Å². The number of halogens is 1. The fourth-order valence-corrected chi connectivity index (χ4v) is 4.92. The molecule has 2 amide bonds. The van der Waals surface area contributed by atoms with E-state index in [-0.39, 0.29) is 28.6 Å².